The van der Waals surface area contributed by atoms with Crippen molar-refractivity contribution < 1.29 is 44.3 Å². The fraction of sp³-hybridized carbons (Fsp3) is 0. The van der Waals surface area contributed by atoms with Crippen molar-refractivity contribution in [1.82, 2.24) is 0 Å². The van der Waals surface area contributed by atoms with Crippen molar-refractivity contribution in [3.8, 4) is 0 Å². The summed E-state index contributed by atoms with van der Waals surface area (Å²) in [6, 6.07) is 0. The van der Waals surface area contributed by atoms with Crippen LogP contribution in [0.3, 0.4) is 0 Å². The minimum atomic E-state index is 0. The number of hydrogen-bond donors (Lipinski definition) is 0. The van der Waals surface area contributed by atoms with Crippen molar-refractivity contribution in [2.75, 3.05) is 0 Å². The van der Waals surface area contributed by atoms with E-state index in [4.69, 9.17) is 0 Å². The van der Waals surface area contributed by atoms with Crippen molar-refractivity contribution in [3.05, 3.63) is 0 Å². The molecule has 0 aromatic heterocycles. The molecule has 0 atom stereocenters. The normalized spacial score (nSPS) is 0. The van der Waals surface area contributed by atoms with E-state index in [1.807, 2.05) is 0 Å². The molecule has 0 amide bonds. The topological polar surface area (TPSA) is 126 Å². The van der Waals surface area contributed by atoms with Gasteiger partial charge in [0.15, 0.2) is 0 Å². The van der Waals surface area contributed by atoms with Gasteiger partial charge in [0.1, 0.15) is 0 Å². The van der Waals surface area contributed by atoms with Gasteiger partial charge in [0.2, 0.25) is 0 Å². The van der Waals surface area contributed by atoms with Crippen LogP contribution in [0.1, 0.15) is 0 Å². The van der Waals surface area contributed by atoms with Gasteiger partial charge in [0.05, 0.1) is 0 Å². The van der Waals surface area contributed by atoms with Gasteiger partial charge in [-0.05, 0) is 0 Å². The molecular formula is H9AuClO4. The van der Waals surface area contributed by atoms with Crippen molar-refractivity contribution in [2.45, 2.75) is 0 Å². The SMILES string of the molecule is Cl.O.O.O.O.[Au]. The Kier molecular flexibility index (Phi) is 9580. The van der Waals surface area contributed by atoms with Crippen LogP contribution in [-0.2, 0) is 22.4 Å². The van der Waals surface area contributed by atoms with E-state index in [1.165, 1.54) is 0 Å². The molecule has 0 aliphatic carbocycles. The quantitative estimate of drug-likeness (QED) is 0.426. The van der Waals surface area contributed by atoms with Gasteiger partial charge >= 0.3 is 0 Å². The molecule has 0 saturated carbocycles. The molecule has 0 fully saturated rings. The van der Waals surface area contributed by atoms with Crippen LogP contribution in [0.4, 0.5) is 0 Å². The first-order chi connectivity index (χ1) is 0. The maximum Gasteiger partial charge on any atom is 0 e. The molecule has 0 aromatic rings. The molecule has 0 unspecified atom stereocenters. The molecule has 0 saturated heterocycles. The van der Waals surface area contributed by atoms with E-state index >= 15 is 0 Å². The van der Waals surface area contributed by atoms with Crippen molar-refractivity contribution >= 4 is 12.4 Å². The minimum Gasteiger partial charge on any atom is -0.412 e. The molecule has 0 heterocycles. The van der Waals surface area contributed by atoms with Crippen LogP contribution in [0.5, 0.6) is 0 Å². The van der Waals surface area contributed by atoms with E-state index in [9.17, 15) is 0 Å². The van der Waals surface area contributed by atoms with Crippen LogP contribution in [0.15, 0.2) is 0 Å². The summed E-state index contributed by atoms with van der Waals surface area (Å²) >= 11 is 0. The van der Waals surface area contributed by atoms with Crippen LogP contribution in [0, 0.1) is 0 Å². The first kappa shape index (κ1) is 313. The van der Waals surface area contributed by atoms with Crippen LogP contribution in [0.25, 0.3) is 0 Å². The average molecular weight is 305 g/mol. The van der Waals surface area contributed by atoms with E-state index in [0.717, 1.165) is 0 Å². The van der Waals surface area contributed by atoms with Crippen molar-refractivity contribution in [3.63, 3.8) is 0 Å². The predicted octanol–water partition coefficient (Wildman–Crippen LogP) is -2.88. The third kappa shape index (κ3) is 96.3. The van der Waals surface area contributed by atoms with Crippen LogP contribution >= 0.6 is 12.4 Å². The molecule has 51 valence electrons. The Hall–Kier alpha value is 0.870. The molecule has 0 aromatic carbocycles. The average Bonchev–Trinajstić information content (AvgIpc) is 0. The molecular weight excluding hydrogens is 296 g/mol. The molecule has 0 rings (SSSR count). The molecule has 8 N–H and O–H groups in total. The summed E-state index contributed by atoms with van der Waals surface area (Å²) in [7, 11) is 0. The van der Waals surface area contributed by atoms with E-state index in [1.54, 1.807) is 0 Å². The minimum absolute atomic E-state index is 0. The summed E-state index contributed by atoms with van der Waals surface area (Å²) in [5.41, 5.74) is 0. The molecule has 1 radical (unpaired) electrons. The van der Waals surface area contributed by atoms with Gasteiger partial charge in [0.25, 0.3) is 0 Å². The standard InChI is InChI=1S/Au.ClH.4H2O/h;1H;4*1H2. The summed E-state index contributed by atoms with van der Waals surface area (Å²) in [4.78, 5) is 0. The second-order valence-corrected chi connectivity index (χ2v) is 0. The number of hydrogen-bond acceptors (Lipinski definition) is 0. The summed E-state index contributed by atoms with van der Waals surface area (Å²) in [6.07, 6.45) is 0. The van der Waals surface area contributed by atoms with E-state index in [-0.39, 0.29) is 56.7 Å². The second kappa shape index (κ2) is 184. The van der Waals surface area contributed by atoms with Gasteiger partial charge in [0, 0.05) is 22.4 Å². The maximum absolute atomic E-state index is 0. The zero-order valence-electron chi connectivity index (χ0n) is 2.71. The summed E-state index contributed by atoms with van der Waals surface area (Å²) in [5.74, 6) is 0. The van der Waals surface area contributed by atoms with Gasteiger partial charge < -0.3 is 21.9 Å². The Bertz CT molecular complexity index is 7.51. The fourth-order valence-electron chi connectivity index (χ4n) is 0. The second-order valence-electron chi connectivity index (χ2n) is 0. The monoisotopic (exact) mass is 305 g/mol. The predicted molar refractivity (Wildman–Crippen MR) is 21.7 cm³/mol. The molecule has 4 nitrogen and oxygen atoms in total. The van der Waals surface area contributed by atoms with E-state index in [2.05, 4.69) is 0 Å². The summed E-state index contributed by atoms with van der Waals surface area (Å²) in [5, 5.41) is 0. The van der Waals surface area contributed by atoms with Gasteiger partial charge in [-0.3, -0.25) is 0 Å². The van der Waals surface area contributed by atoms with Crippen LogP contribution in [0.2, 0.25) is 0 Å². The Morgan fingerprint density at radius 3 is 0.500 bits per heavy atom. The molecule has 6 heteroatoms. The molecule has 0 aliphatic heterocycles. The smallest absolute Gasteiger partial charge is 0 e. The van der Waals surface area contributed by atoms with Gasteiger partial charge in [-0.25, -0.2) is 0 Å². The summed E-state index contributed by atoms with van der Waals surface area (Å²) in [6.45, 7) is 0. The Labute approximate surface area is 57.1 Å². The fourth-order valence-corrected chi connectivity index (χ4v) is 0. The van der Waals surface area contributed by atoms with Crippen molar-refractivity contribution in [1.29, 1.82) is 0 Å². The van der Waals surface area contributed by atoms with Crippen molar-refractivity contribution in [2.24, 2.45) is 0 Å². The van der Waals surface area contributed by atoms with E-state index in [0.29, 0.717) is 0 Å². The first-order valence-corrected chi connectivity index (χ1v) is 0. The summed E-state index contributed by atoms with van der Waals surface area (Å²) < 4.78 is 0. The van der Waals surface area contributed by atoms with Gasteiger partial charge in [-0.1, -0.05) is 0 Å². The number of rotatable bonds is 0. The first-order valence-electron chi connectivity index (χ1n) is 0. The Balaban J connectivity index is 0. The largest absolute Gasteiger partial charge is 0.412 e. The molecule has 0 aliphatic rings. The zero-order valence-corrected chi connectivity index (χ0v) is 5.69. The zero-order chi connectivity index (χ0) is 0. The number of halogens is 1. The van der Waals surface area contributed by atoms with Crippen LogP contribution < -0.4 is 0 Å². The third-order valence-electron chi connectivity index (χ3n) is 0. The molecule has 6 heavy (non-hydrogen) atoms. The van der Waals surface area contributed by atoms with E-state index < -0.39 is 0 Å². The Morgan fingerprint density at radius 2 is 0.500 bits per heavy atom. The molecule has 0 spiro atoms. The Morgan fingerprint density at radius 1 is 0.500 bits per heavy atom. The van der Waals surface area contributed by atoms with Crippen LogP contribution in [-0.4, -0.2) is 21.9 Å². The van der Waals surface area contributed by atoms with Gasteiger partial charge in [-0.2, -0.15) is 0 Å². The molecule has 0 bridgehead atoms. The van der Waals surface area contributed by atoms with Gasteiger partial charge in [-0.15, -0.1) is 12.4 Å². The third-order valence-corrected chi connectivity index (χ3v) is 0. The maximum atomic E-state index is 0.